The lowest BCUT2D eigenvalue weighted by Crippen LogP contribution is -2.05. The lowest BCUT2D eigenvalue weighted by molar-refractivity contribution is -0.152. The van der Waals surface area contributed by atoms with E-state index in [2.05, 4.69) is 24.5 Å². The van der Waals surface area contributed by atoms with Crippen LogP contribution in [0.2, 0.25) is 0 Å². The fourth-order valence-electron chi connectivity index (χ4n) is 0.182. The summed E-state index contributed by atoms with van der Waals surface area (Å²) in [7, 11) is 0. The maximum atomic E-state index is 10.2. The summed E-state index contributed by atoms with van der Waals surface area (Å²) in [5, 5.41) is 7.89. The Bertz CT molecular complexity index is 271. The topological polar surface area (TPSA) is 80.7 Å². The molecule has 0 unspecified atom stereocenters. The molecule has 5 heteroatoms. The van der Waals surface area contributed by atoms with Gasteiger partial charge in [0, 0.05) is 17.7 Å². The van der Waals surface area contributed by atoms with Crippen LogP contribution in [0.4, 0.5) is 0 Å². The summed E-state index contributed by atoms with van der Waals surface area (Å²) in [6.07, 6.45) is 1.81. The predicted octanol–water partition coefficient (Wildman–Crippen LogP) is 1.08. The van der Waals surface area contributed by atoms with Gasteiger partial charge >= 0.3 is 17.9 Å². The first-order chi connectivity index (χ1) is 6.84. The first-order valence-electron chi connectivity index (χ1n) is 3.74. The molecule has 5 nitrogen and oxygen atoms in total. The maximum Gasteiger partial charge on any atom is 0.338 e. The highest BCUT2D eigenvalue weighted by atomic mass is 16.6. The Morgan fingerprint density at radius 1 is 1.13 bits per heavy atom. The van der Waals surface area contributed by atoms with Crippen molar-refractivity contribution in [2.45, 2.75) is 6.92 Å². The minimum Gasteiger partial charge on any atom is -0.478 e. The molecule has 0 saturated carbocycles. The summed E-state index contributed by atoms with van der Waals surface area (Å²) in [6.45, 7) is 10.8. The van der Waals surface area contributed by atoms with Crippen molar-refractivity contribution in [3.8, 4) is 0 Å². The van der Waals surface area contributed by atoms with Crippen molar-refractivity contribution in [2.24, 2.45) is 0 Å². The second-order valence-electron chi connectivity index (χ2n) is 2.23. The van der Waals surface area contributed by atoms with E-state index in [1.54, 1.807) is 0 Å². The van der Waals surface area contributed by atoms with Crippen molar-refractivity contribution in [2.75, 3.05) is 0 Å². The predicted molar refractivity (Wildman–Crippen MR) is 53.9 cm³/mol. The molecule has 0 bridgehead atoms. The number of carbonyl (C=O) groups excluding carboxylic acids is 2. The number of carboxylic acid groups (broad SMARTS) is 1. The van der Waals surface area contributed by atoms with Gasteiger partial charge < -0.3 is 9.84 Å². The second-order valence-corrected chi connectivity index (χ2v) is 2.23. The van der Waals surface area contributed by atoms with E-state index in [9.17, 15) is 14.4 Å². The van der Waals surface area contributed by atoms with Gasteiger partial charge in [-0.05, 0) is 6.92 Å². The SMILES string of the molecule is C=C(C)C(=O)O.C=CC(=O)OC(=O)C=C. The van der Waals surface area contributed by atoms with Crippen LogP contribution in [-0.4, -0.2) is 23.0 Å². The summed E-state index contributed by atoms with van der Waals surface area (Å²) in [4.78, 5) is 29.9. The Morgan fingerprint density at radius 3 is 1.53 bits per heavy atom. The molecule has 0 aromatic rings. The van der Waals surface area contributed by atoms with E-state index in [0.29, 0.717) is 0 Å². The van der Waals surface area contributed by atoms with E-state index in [0.717, 1.165) is 12.2 Å². The molecule has 0 aliphatic rings. The van der Waals surface area contributed by atoms with Gasteiger partial charge in [-0.2, -0.15) is 0 Å². The monoisotopic (exact) mass is 212 g/mol. The molecule has 1 N–H and O–H groups in total. The van der Waals surface area contributed by atoms with Crippen molar-refractivity contribution < 1.29 is 24.2 Å². The van der Waals surface area contributed by atoms with Crippen LogP contribution < -0.4 is 0 Å². The number of aliphatic carboxylic acids is 1. The highest BCUT2D eigenvalue weighted by molar-refractivity contribution is 5.95. The third kappa shape index (κ3) is 11.8. The van der Waals surface area contributed by atoms with Crippen LogP contribution in [-0.2, 0) is 19.1 Å². The second kappa shape index (κ2) is 8.43. The van der Waals surface area contributed by atoms with Crippen LogP contribution in [0.1, 0.15) is 6.92 Å². The van der Waals surface area contributed by atoms with Crippen LogP contribution in [0.25, 0.3) is 0 Å². The zero-order valence-corrected chi connectivity index (χ0v) is 8.36. The van der Waals surface area contributed by atoms with Gasteiger partial charge in [-0.1, -0.05) is 19.7 Å². The molecule has 82 valence electrons. The molecule has 0 aliphatic heterocycles. The van der Waals surface area contributed by atoms with E-state index >= 15 is 0 Å². The summed E-state index contributed by atoms with van der Waals surface area (Å²) in [5.41, 5.74) is 0.176. The normalized spacial score (nSPS) is 7.53. The molecule has 0 aromatic carbocycles. The van der Waals surface area contributed by atoms with Crippen molar-refractivity contribution >= 4 is 17.9 Å². The summed E-state index contributed by atoms with van der Waals surface area (Å²) in [6, 6.07) is 0. The largest absolute Gasteiger partial charge is 0.478 e. The van der Waals surface area contributed by atoms with Crippen LogP contribution >= 0.6 is 0 Å². The Hall–Kier alpha value is -2.17. The molecule has 0 fully saturated rings. The zero-order valence-electron chi connectivity index (χ0n) is 8.36. The van der Waals surface area contributed by atoms with Gasteiger partial charge in [-0.3, -0.25) is 0 Å². The Morgan fingerprint density at radius 2 is 1.40 bits per heavy atom. The molecular formula is C10H12O5. The standard InChI is InChI=1S/C6H6O3.C4H6O2/c1-3-5(7)9-6(8)4-2;1-3(2)4(5)6/h3-4H,1-2H2;1H2,2H3,(H,5,6). The van der Waals surface area contributed by atoms with E-state index in [1.807, 2.05) is 0 Å². The molecule has 0 spiro atoms. The number of rotatable bonds is 3. The van der Waals surface area contributed by atoms with E-state index in [1.165, 1.54) is 6.92 Å². The number of ether oxygens (including phenoxy) is 1. The number of esters is 2. The van der Waals surface area contributed by atoms with Gasteiger partial charge in [-0.25, -0.2) is 14.4 Å². The van der Waals surface area contributed by atoms with Crippen LogP contribution in [0.15, 0.2) is 37.5 Å². The first-order valence-corrected chi connectivity index (χ1v) is 3.74. The van der Waals surface area contributed by atoms with Gasteiger partial charge in [0.2, 0.25) is 0 Å². The van der Waals surface area contributed by atoms with E-state index in [4.69, 9.17) is 5.11 Å². The molecule has 0 radical (unpaired) electrons. The average Bonchev–Trinajstić information content (AvgIpc) is 2.18. The molecule has 0 aromatic heterocycles. The summed E-state index contributed by atoms with van der Waals surface area (Å²) < 4.78 is 4.03. The highest BCUT2D eigenvalue weighted by Crippen LogP contribution is 1.81. The summed E-state index contributed by atoms with van der Waals surface area (Å²) >= 11 is 0. The van der Waals surface area contributed by atoms with Crippen molar-refractivity contribution in [1.29, 1.82) is 0 Å². The molecule has 0 aliphatic carbocycles. The third-order valence-corrected chi connectivity index (χ3v) is 0.900. The lowest BCUT2D eigenvalue weighted by atomic mass is 10.4. The fourth-order valence-corrected chi connectivity index (χ4v) is 0.182. The Balaban J connectivity index is 0. The van der Waals surface area contributed by atoms with Gasteiger partial charge in [0.15, 0.2) is 0 Å². The average molecular weight is 212 g/mol. The van der Waals surface area contributed by atoms with E-state index in [-0.39, 0.29) is 5.57 Å². The van der Waals surface area contributed by atoms with E-state index < -0.39 is 17.9 Å². The van der Waals surface area contributed by atoms with Gasteiger partial charge in [-0.15, -0.1) is 0 Å². The van der Waals surface area contributed by atoms with Gasteiger partial charge in [0.1, 0.15) is 0 Å². The highest BCUT2D eigenvalue weighted by Gasteiger charge is 1.99. The third-order valence-electron chi connectivity index (χ3n) is 0.900. The molecule has 0 atom stereocenters. The van der Waals surface area contributed by atoms with Crippen LogP contribution in [0.3, 0.4) is 0 Å². The molecule has 0 heterocycles. The van der Waals surface area contributed by atoms with Crippen LogP contribution in [0, 0.1) is 0 Å². The molecule has 15 heavy (non-hydrogen) atoms. The van der Waals surface area contributed by atoms with Crippen LogP contribution in [0.5, 0.6) is 0 Å². The minimum atomic E-state index is -0.935. The number of carbonyl (C=O) groups is 3. The fraction of sp³-hybridized carbons (Fsp3) is 0.100. The first kappa shape index (κ1) is 15.3. The Labute approximate surface area is 87.4 Å². The zero-order chi connectivity index (χ0) is 12.4. The molecule has 0 saturated heterocycles. The molecule has 0 amide bonds. The molecule has 0 rings (SSSR count). The lowest BCUT2D eigenvalue weighted by Gasteiger charge is -1.90. The van der Waals surface area contributed by atoms with Crippen molar-refractivity contribution in [1.82, 2.24) is 0 Å². The quantitative estimate of drug-likeness (QED) is 0.430. The number of hydrogen-bond acceptors (Lipinski definition) is 4. The minimum absolute atomic E-state index is 0.176. The molecular weight excluding hydrogens is 200 g/mol. The maximum absolute atomic E-state index is 10.2. The number of hydrogen-bond donors (Lipinski definition) is 1. The Kier molecular flexibility index (Phi) is 8.60. The van der Waals surface area contributed by atoms with Gasteiger partial charge in [0.25, 0.3) is 0 Å². The smallest absolute Gasteiger partial charge is 0.338 e. The number of carboxylic acids is 1. The van der Waals surface area contributed by atoms with Gasteiger partial charge in [0.05, 0.1) is 0 Å². The van der Waals surface area contributed by atoms with Crippen molar-refractivity contribution in [3.63, 3.8) is 0 Å². The van der Waals surface area contributed by atoms with Crippen molar-refractivity contribution in [3.05, 3.63) is 37.5 Å². The summed E-state index contributed by atoms with van der Waals surface area (Å²) in [5.74, 6) is -2.46.